The van der Waals surface area contributed by atoms with Crippen molar-refractivity contribution in [3.05, 3.63) is 30.1 Å². The van der Waals surface area contributed by atoms with Crippen molar-refractivity contribution in [3.63, 3.8) is 0 Å². The number of aromatic amines is 1. The molecule has 1 saturated heterocycles. The first-order chi connectivity index (χ1) is 8.77. The Balaban J connectivity index is 1.73. The highest BCUT2D eigenvalue weighted by atomic mass is 16.5. The second kappa shape index (κ2) is 4.71. The molecule has 2 aromatic heterocycles. The first kappa shape index (κ1) is 11.7. The zero-order valence-corrected chi connectivity index (χ0v) is 10.7. The van der Waals surface area contributed by atoms with E-state index >= 15 is 0 Å². The monoisotopic (exact) mass is 245 g/mol. The summed E-state index contributed by atoms with van der Waals surface area (Å²) >= 11 is 0. The van der Waals surface area contributed by atoms with Gasteiger partial charge in [0.05, 0.1) is 0 Å². The van der Waals surface area contributed by atoms with Crippen molar-refractivity contribution >= 4 is 11.0 Å². The molecule has 0 radical (unpaired) electrons. The van der Waals surface area contributed by atoms with Crippen molar-refractivity contribution in [1.82, 2.24) is 15.3 Å². The number of nitrogens with one attached hydrogen (secondary N) is 2. The number of nitrogens with zero attached hydrogens (tertiary/aromatic N) is 1. The highest BCUT2D eigenvalue weighted by molar-refractivity contribution is 5.79. The van der Waals surface area contributed by atoms with Crippen molar-refractivity contribution in [3.8, 4) is 0 Å². The number of rotatable bonds is 3. The number of pyridine rings is 1. The lowest BCUT2D eigenvalue weighted by molar-refractivity contribution is 0.0446. The summed E-state index contributed by atoms with van der Waals surface area (Å²) in [4.78, 5) is 7.52. The number of fused-ring (bicyclic) bond motifs is 1. The molecule has 96 valence electrons. The molecule has 0 aromatic carbocycles. The summed E-state index contributed by atoms with van der Waals surface area (Å²) in [6.45, 7) is 4.88. The maximum atomic E-state index is 5.42. The van der Waals surface area contributed by atoms with Crippen molar-refractivity contribution < 1.29 is 4.74 Å². The van der Waals surface area contributed by atoms with E-state index in [2.05, 4.69) is 28.3 Å². The van der Waals surface area contributed by atoms with Gasteiger partial charge < -0.3 is 15.0 Å². The summed E-state index contributed by atoms with van der Waals surface area (Å²) in [5.41, 5.74) is 2.45. The molecule has 4 nitrogen and oxygen atoms in total. The van der Waals surface area contributed by atoms with Gasteiger partial charge in [-0.25, -0.2) is 4.98 Å². The molecule has 1 fully saturated rings. The lowest BCUT2D eigenvalue weighted by Crippen LogP contribution is -2.46. The highest BCUT2D eigenvalue weighted by Gasteiger charge is 2.26. The van der Waals surface area contributed by atoms with Gasteiger partial charge >= 0.3 is 0 Å². The number of aromatic nitrogens is 2. The van der Waals surface area contributed by atoms with Gasteiger partial charge in [-0.05, 0) is 37.5 Å². The fourth-order valence-corrected chi connectivity index (χ4v) is 2.47. The predicted octanol–water partition coefficient (Wildman–Crippen LogP) is 2.22. The number of hydrogen-bond donors (Lipinski definition) is 2. The van der Waals surface area contributed by atoms with E-state index in [0.29, 0.717) is 0 Å². The van der Waals surface area contributed by atoms with Crippen LogP contribution in [0.3, 0.4) is 0 Å². The molecule has 0 amide bonds. The van der Waals surface area contributed by atoms with Crippen LogP contribution in [-0.2, 0) is 11.3 Å². The highest BCUT2D eigenvalue weighted by Crippen LogP contribution is 2.22. The molecule has 0 unspecified atom stereocenters. The smallest absolute Gasteiger partial charge is 0.137 e. The second-order valence-electron chi connectivity index (χ2n) is 5.24. The van der Waals surface area contributed by atoms with Gasteiger partial charge in [0.25, 0.3) is 0 Å². The molecular weight excluding hydrogens is 226 g/mol. The van der Waals surface area contributed by atoms with Crippen molar-refractivity contribution in [1.29, 1.82) is 0 Å². The maximum Gasteiger partial charge on any atom is 0.137 e. The summed E-state index contributed by atoms with van der Waals surface area (Å²) in [5, 5.41) is 4.87. The van der Waals surface area contributed by atoms with Gasteiger partial charge in [-0.2, -0.15) is 0 Å². The molecule has 18 heavy (non-hydrogen) atoms. The number of ether oxygens (including phenoxy) is 1. The summed E-state index contributed by atoms with van der Waals surface area (Å²) in [5.74, 6) is 0. The van der Waals surface area contributed by atoms with Crippen LogP contribution < -0.4 is 5.32 Å². The van der Waals surface area contributed by atoms with E-state index in [1.165, 1.54) is 10.9 Å². The normalized spacial score (nSPS) is 19.2. The fraction of sp³-hybridized carbons (Fsp3) is 0.500. The Hall–Kier alpha value is -1.39. The van der Waals surface area contributed by atoms with Crippen molar-refractivity contribution in [2.75, 3.05) is 13.2 Å². The Morgan fingerprint density at radius 1 is 1.44 bits per heavy atom. The molecule has 0 spiro atoms. The van der Waals surface area contributed by atoms with Crippen LogP contribution in [-0.4, -0.2) is 28.7 Å². The third kappa shape index (κ3) is 2.26. The summed E-state index contributed by atoms with van der Waals surface area (Å²) in [6.07, 6.45) is 6.02. The molecule has 3 heterocycles. The van der Waals surface area contributed by atoms with E-state index in [-0.39, 0.29) is 5.54 Å². The number of hydrogen-bond acceptors (Lipinski definition) is 3. The molecule has 1 aliphatic heterocycles. The second-order valence-corrected chi connectivity index (χ2v) is 5.24. The van der Waals surface area contributed by atoms with Gasteiger partial charge in [-0.3, -0.25) is 0 Å². The first-order valence-electron chi connectivity index (χ1n) is 6.51. The predicted molar refractivity (Wildman–Crippen MR) is 71.4 cm³/mol. The summed E-state index contributed by atoms with van der Waals surface area (Å²) < 4.78 is 5.42. The Morgan fingerprint density at radius 3 is 3.11 bits per heavy atom. The maximum absolute atomic E-state index is 5.42. The van der Waals surface area contributed by atoms with Gasteiger partial charge in [-0.15, -0.1) is 0 Å². The Morgan fingerprint density at radius 2 is 2.28 bits per heavy atom. The minimum Gasteiger partial charge on any atom is -0.381 e. The minimum absolute atomic E-state index is 0.198. The lowest BCUT2D eigenvalue weighted by Gasteiger charge is -2.34. The van der Waals surface area contributed by atoms with Crippen LogP contribution in [0.25, 0.3) is 11.0 Å². The molecular formula is C14H19N3O. The molecule has 0 saturated carbocycles. The zero-order chi connectivity index (χ0) is 12.4. The number of H-pyrrole nitrogens is 1. The van der Waals surface area contributed by atoms with E-state index in [9.17, 15) is 0 Å². The van der Waals surface area contributed by atoms with Gasteiger partial charge in [0.1, 0.15) is 5.65 Å². The van der Waals surface area contributed by atoms with E-state index in [1.807, 2.05) is 18.5 Å². The Labute approximate surface area is 107 Å². The average Bonchev–Trinajstić information content (AvgIpc) is 2.81. The molecule has 2 aromatic rings. The molecule has 4 heteroatoms. The quantitative estimate of drug-likeness (QED) is 0.871. The van der Waals surface area contributed by atoms with E-state index in [1.54, 1.807) is 0 Å². The summed E-state index contributed by atoms with van der Waals surface area (Å²) in [6, 6.07) is 4.10. The van der Waals surface area contributed by atoms with Gasteiger partial charge in [0.15, 0.2) is 0 Å². The molecule has 0 bridgehead atoms. The zero-order valence-electron chi connectivity index (χ0n) is 10.7. The van der Waals surface area contributed by atoms with Crippen LogP contribution in [0.5, 0.6) is 0 Å². The van der Waals surface area contributed by atoms with Crippen LogP contribution in [0.2, 0.25) is 0 Å². The van der Waals surface area contributed by atoms with Crippen LogP contribution in [0, 0.1) is 0 Å². The van der Waals surface area contributed by atoms with Crippen molar-refractivity contribution in [2.24, 2.45) is 0 Å². The van der Waals surface area contributed by atoms with Gasteiger partial charge in [-0.1, -0.05) is 0 Å². The third-order valence-corrected chi connectivity index (χ3v) is 3.84. The molecule has 3 rings (SSSR count). The van der Waals surface area contributed by atoms with Crippen LogP contribution >= 0.6 is 0 Å². The SMILES string of the molecule is CC1(NCc2c[nH]c3ncccc23)CCOCC1. The van der Waals surface area contributed by atoms with Crippen molar-refractivity contribution in [2.45, 2.75) is 31.8 Å². The van der Waals surface area contributed by atoms with Gasteiger partial charge in [0.2, 0.25) is 0 Å². The van der Waals surface area contributed by atoms with Gasteiger partial charge in [0, 0.05) is 43.1 Å². The Kier molecular flexibility index (Phi) is 3.06. The largest absolute Gasteiger partial charge is 0.381 e. The fourth-order valence-electron chi connectivity index (χ4n) is 2.47. The molecule has 0 atom stereocenters. The van der Waals surface area contributed by atoms with E-state index < -0.39 is 0 Å². The Bertz CT molecular complexity index is 529. The van der Waals surface area contributed by atoms with E-state index in [4.69, 9.17) is 4.74 Å². The van der Waals surface area contributed by atoms with Crippen LogP contribution in [0.1, 0.15) is 25.3 Å². The molecule has 0 aliphatic carbocycles. The third-order valence-electron chi connectivity index (χ3n) is 3.84. The average molecular weight is 245 g/mol. The molecule has 1 aliphatic rings. The van der Waals surface area contributed by atoms with Crippen LogP contribution in [0.4, 0.5) is 0 Å². The first-order valence-corrected chi connectivity index (χ1v) is 6.51. The minimum atomic E-state index is 0.198. The standard InChI is InChI=1S/C14H19N3O/c1-14(4-7-18-8-5-14)17-10-11-9-16-13-12(11)3-2-6-15-13/h2-3,6,9,17H,4-5,7-8,10H2,1H3,(H,15,16). The van der Waals surface area contributed by atoms with E-state index in [0.717, 1.165) is 38.2 Å². The van der Waals surface area contributed by atoms with Crippen LogP contribution in [0.15, 0.2) is 24.5 Å². The topological polar surface area (TPSA) is 49.9 Å². The molecule has 2 N–H and O–H groups in total. The summed E-state index contributed by atoms with van der Waals surface area (Å²) in [7, 11) is 0. The lowest BCUT2D eigenvalue weighted by atomic mass is 9.92.